The number of nitrogens with one attached hydrogen (secondary N) is 2. The maximum atomic E-state index is 13.0. The van der Waals surface area contributed by atoms with Crippen LogP contribution in [-0.4, -0.2) is 76.4 Å². The summed E-state index contributed by atoms with van der Waals surface area (Å²) in [6, 6.07) is 16.5. The van der Waals surface area contributed by atoms with Gasteiger partial charge in [-0.3, -0.25) is 24.8 Å². The number of hydrogen-bond acceptors (Lipinski definition) is 7. The van der Waals surface area contributed by atoms with Crippen LogP contribution >= 0.6 is 0 Å². The zero-order valence-corrected chi connectivity index (χ0v) is 21.8. The lowest BCUT2D eigenvalue weighted by Crippen LogP contribution is -2.43. The second-order valence-corrected chi connectivity index (χ2v) is 9.43. The van der Waals surface area contributed by atoms with Gasteiger partial charge >= 0.3 is 0 Å². The Hall–Kier alpha value is -4.28. The summed E-state index contributed by atoms with van der Waals surface area (Å²) in [4.78, 5) is 38.2. The number of imidazole rings is 1. The third kappa shape index (κ3) is 5.66. The molecule has 1 aliphatic heterocycles. The largest absolute Gasteiger partial charge is 0.457 e. The van der Waals surface area contributed by atoms with E-state index in [1.165, 1.54) is 11.8 Å². The van der Waals surface area contributed by atoms with Gasteiger partial charge in [0.05, 0.1) is 11.0 Å². The second-order valence-electron chi connectivity index (χ2n) is 9.43. The van der Waals surface area contributed by atoms with Crippen LogP contribution in [0.2, 0.25) is 0 Å². The van der Waals surface area contributed by atoms with Gasteiger partial charge in [0.25, 0.3) is 11.8 Å². The molecule has 2 aromatic heterocycles. The second kappa shape index (κ2) is 11.0. The lowest BCUT2D eigenvalue weighted by atomic mass is 10.1. The smallest absolute Gasteiger partial charge is 0.269 e. The van der Waals surface area contributed by atoms with Crippen LogP contribution in [0.1, 0.15) is 26.4 Å². The number of piperazine rings is 1. The number of carbonyl (C=O) groups is 2. The highest BCUT2D eigenvalue weighted by Gasteiger charge is 2.16. The van der Waals surface area contributed by atoms with Gasteiger partial charge in [0.15, 0.2) is 0 Å². The molecule has 10 nitrogen and oxygen atoms in total. The molecular weight excluding hydrogens is 482 g/mol. The molecule has 1 aliphatic rings. The Morgan fingerprint density at radius 1 is 0.921 bits per heavy atom. The Bertz CT molecular complexity index is 1460. The summed E-state index contributed by atoms with van der Waals surface area (Å²) in [5.41, 5.74) is 3.55. The van der Waals surface area contributed by atoms with Gasteiger partial charge in [-0.2, -0.15) is 0 Å². The number of pyridine rings is 1. The van der Waals surface area contributed by atoms with E-state index < -0.39 is 0 Å². The number of likely N-dealkylation sites (N-methyl/N-ethyl adjacent to an activating group) is 1. The SMILES string of the molecule is CNC(=O)c1cc(Oc2ccc3c(c2)nc(NC(=O)c2ccc(CN4CCN(C)CC4)cc2)n3C)ccn1. The molecule has 196 valence electrons. The molecule has 1 saturated heterocycles. The molecule has 4 aromatic rings. The van der Waals surface area contributed by atoms with Crippen molar-refractivity contribution < 1.29 is 14.3 Å². The third-order valence-corrected chi connectivity index (χ3v) is 6.72. The van der Waals surface area contributed by atoms with Crippen LogP contribution in [0.5, 0.6) is 11.5 Å². The normalized spacial score (nSPS) is 14.4. The quantitative estimate of drug-likeness (QED) is 0.391. The van der Waals surface area contributed by atoms with E-state index in [-0.39, 0.29) is 17.5 Å². The molecular formula is C28H31N7O3. The van der Waals surface area contributed by atoms with E-state index >= 15 is 0 Å². The topological polar surface area (TPSA) is 105 Å². The molecule has 0 atom stereocenters. The minimum absolute atomic E-state index is 0.218. The average Bonchev–Trinajstić information content (AvgIpc) is 3.24. The highest BCUT2D eigenvalue weighted by Crippen LogP contribution is 2.27. The molecule has 2 aromatic carbocycles. The predicted molar refractivity (Wildman–Crippen MR) is 146 cm³/mol. The van der Waals surface area contributed by atoms with E-state index in [1.807, 2.05) is 48.0 Å². The molecule has 10 heteroatoms. The van der Waals surface area contributed by atoms with Crippen molar-refractivity contribution in [3.05, 3.63) is 77.6 Å². The number of ether oxygens (including phenoxy) is 1. The highest BCUT2D eigenvalue weighted by atomic mass is 16.5. The molecule has 2 amide bonds. The van der Waals surface area contributed by atoms with Crippen LogP contribution in [0.3, 0.4) is 0 Å². The van der Waals surface area contributed by atoms with Crippen molar-refractivity contribution in [1.29, 1.82) is 0 Å². The first-order chi connectivity index (χ1) is 18.4. The predicted octanol–water partition coefficient (Wildman–Crippen LogP) is 3.12. The fraction of sp³-hybridized carbons (Fsp3) is 0.286. The summed E-state index contributed by atoms with van der Waals surface area (Å²) in [7, 11) is 5.55. The Kier molecular flexibility index (Phi) is 7.34. The van der Waals surface area contributed by atoms with Crippen LogP contribution in [-0.2, 0) is 13.6 Å². The summed E-state index contributed by atoms with van der Waals surface area (Å²) in [5.74, 6) is 0.969. The molecule has 0 unspecified atom stereocenters. The third-order valence-electron chi connectivity index (χ3n) is 6.72. The molecule has 0 radical (unpaired) electrons. The van der Waals surface area contributed by atoms with Crippen LogP contribution in [0.4, 0.5) is 5.95 Å². The van der Waals surface area contributed by atoms with Crippen molar-refractivity contribution >= 4 is 28.8 Å². The summed E-state index contributed by atoms with van der Waals surface area (Å²) < 4.78 is 7.76. The van der Waals surface area contributed by atoms with Crippen molar-refractivity contribution in [3.8, 4) is 11.5 Å². The fourth-order valence-electron chi connectivity index (χ4n) is 4.42. The summed E-state index contributed by atoms with van der Waals surface area (Å²) >= 11 is 0. The Labute approximate surface area is 221 Å². The number of aryl methyl sites for hydroxylation is 1. The highest BCUT2D eigenvalue weighted by molar-refractivity contribution is 6.04. The van der Waals surface area contributed by atoms with Crippen molar-refractivity contribution in [3.63, 3.8) is 0 Å². The zero-order chi connectivity index (χ0) is 26.6. The number of hydrogen-bond donors (Lipinski definition) is 2. The number of nitrogens with zero attached hydrogens (tertiary/aromatic N) is 5. The van der Waals surface area contributed by atoms with Gasteiger partial charge in [-0.1, -0.05) is 12.1 Å². The molecule has 0 saturated carbocycles. The number of benzene rings is 2. The standard InChI is InChI=1S/C28H31N7O3/c1-29-27(37)24-17-22(10-11-30-24)38-21-8-9-25-23(16-21)31-28(34(25)3)32-26(36)20-6-4-19(5-7-20)18-35-14-12-33(2)13-15-35/h4-11,16-17H,12-15,18H2,1-3H3,(H,29,37)(H,31,32,36). The van der Waals surface area contributed by atoms with Gasteiger partial charge in [0, 0.05) is 70.7 Å². The molecule has 0 aliphatic carbocycles. The lowest BCUT2D eigenvalue weighted by Gasteiger charge is -2.32. The molecule has 5 rings (SSSR count). The van der Waals surface area contributed by atoms with Crippen molar-refractivity contribution in [1.82, 2.24) is 29.7 Å². The Morgan fingerprint density at radius 3 is 2.39 bits per heavy atom. The van der Waals surface area contributed by atoms with Gasteiger partial charge in [0.2, 0.25) is 5.95 Å². The van der Waals surface area contributed by atoms with E-state index in [0.29, 0.717) is 28.5 Å². The first-order valence-corrected chi connectivity index (χ1v) is 12.5. The molecule has 0 bridgehead atoms. The minimum atomic E-state index is -0.291. The van der Waals surface area contributed by atoms with Crippen LogP contribution in [0, 0.1) is 0 Å². The molecule has 2 N–H and O–H groups in total. The van der Waals surface area contributed by atoms with Gasteiger partial charge in [-0.05, 0) is 42.9 Å². The number of aromatic nitrogens is 3. The van der Waals surface area contributed by atoms with E-state index in [2.05, 4.69) is 37.4 Å². The maximum Gasteiger partial charge on any atom is 0.269 e. The van der Waals surface area contributed by atoms with Crippen LogP contribution in [0.15, 0.2) is 60.8 Å². The molecule has 38 heavy (non-hydrogen) atoms. The Balaban J connectivity index is 1.26. The number of carbonyl (C=O) groups excluding carboxylic acids is 2. The van der Waals surface area contributed by atoms with E-state index in [0.717, 1.165) is 38.2 Å². The van der Waals surface area contributed by atoms with Gasteiger partial charge in [-0.25, -0.2) is 4.98 Å². The first kappa shape index (κ1) is 25.4. The van der Waals surface area contributed by atoms with Gasteiger partial charge in [-0.15, -0.1) is 0 Å². The average molecular weight is 514 g/mol. The number of anilines is 1. The molecule has 0 spiro atoms. The number of amides is 2. The van der Waals surface area contributed by atoms with Gasteiger partial charge in [0.1, 0.15) is 17.2 Å². The summed E-state index contributed by atoms with van der Waals surface area (Å²) in [6.07, 6.45) is 1.52. The molecule has 3 heterocycles. The van der Waals surface area contributed by atoms with Crippen LogP contribution < -0.4 is 15.4 Å². The summed E-state index contributed by atoms with van der Waals surface area (Å²) in [6.45, 7) is 5.15. The van der Waals surface area contributed by atoms with Gasteiger partial charge < -0.3 is 19.5 Å². The monoisotopic (exact) mass is 513 g/mol. The number of rotatable bonds is 7. The van der Waals surface area contributed by atoms with E-state index in [4.69, 9.17) is 4.74 Å². The summed E-state index contributed by atoms with van der Waals surface area (Å²) in [5, 5.41) is 5.47. The Morgan fingerprint density at radius 2 is 1.66 bits per heavy atom. The van der Waals surface area contributed by atoms with E-state index in [1.54, 1.807) is 25.2 Å². The van der Waals surface area contributed by atoms with Crippen LogP contribution in [0.25, 0.3) is 11.0 Å². The first-order valence-electron chi connectivity index (χ1n) is 12.5. The molecule has 1 fully saturated rings. The van der Waals surface area contributed by atoms with E-state index in [9.17, 15) is 9.59 Å². The minimum Gasteiger partial charge on any atom is -0.457 e. The van der Waals surface area contributed by atoms with Crippen molar-refractivity contribution in [2.75, 3.05) is 45.6 Å². The van der Waals surface area contributed by atoms with Crippen molar-refractivity contribution in [2.45, 2.75) is 6.54 Å². The fourth-order valence-corrected chi connectivity index (χ4v) is 4.42. The van der Waals surface area contributed by atoms with Crippen molar-refractivity contribution in [2.24, 2.45) is 7.05 Å². The lowest BCUT2D eigenvalue weighted by molar-refractivity contribution is 0.0957. The maximum absolute atomic E-state index is 13.0. The zero-order valence-electron chi connectivity index (χ0n) is 21.8. The number of fused-ring (bicyclic) bond motifs is 1.